The average Bonchev–Trinajstić information content (AvgIpc) is 2.64. The number of hydrogen-bond acceptors (Lipinski definition) is 5. The Morgan fingerprint density at radius 3 is 2.56 bits per heavy atom. The molecule has 0 aliphatic heterocycles. The van der Waals surface area contributed by atoms with E-state index in [1.54, 1.807) is 48.5 Å². The van der Waals surface area contributed by atoms with Crippen molar-refractivity contribution in [2.45, 2.75) is 32.3 Å². The lowest BCUT2D eigenvalue weighted by Crippen LogP contribution is -2.26. The van der Waals surface area contributed by atoms with Crippen molar-refractivity contribution in [3.63, 3.8) is 0 Å². The lowest BCUT2D eigenvalue weighted by Gasteiger charge is -2.14. The Balaban J connectivity index is 2.08. The molecule has 0 amide bonds. The van der Waals surface area contributed by atoms with E-state index >= 15 is 0 Å². The van der Waals surface area contributed by atoms with Gasteiger partial charge in [0.25, 0.3) is 0 Å². The van der Waals surface area contributed by atoms with Crippen molar-refractivity contribution < 1.29 is 14.6 Å². The molecule has 0 spiro atoms. The summed E-state index contributed by atoms with van der Waals surface area (Å²) in [7, 11) is 0. The van der Waals surface area contributed by atoms with Gasteiger partial charge in [-0.15, -0.1) is 0 Å². The maximum absolute atomic E-state index is 11.3. The number of carboxylic acids is 1. The Morgan fingerprint density at radius 1 is 1.20 bits per heavy atom. The quantitative estimate of drug-likeness (QED) is 0.686. The van der Waals surface area contributed by atoms with Crippen LogP contribution in [0.1, 0.15) is 31.7 Å². The van der Waals surface area contributed by atoms with Gasteiger partial charge in [0.15, 0.2) is 6.10 Å². The predicted octanol–water partition coefficient (Wildman–Crippen LogP) is 5.00. The molecule has 0 aliphatic rings. The van der Waals surface area contributed by atoms with Gasteiger partial charge in [-0.25, -0.2) is 4.79 Å². The van der Waals surface area contributed by atoms with Crippen molar-refractivity contribution in [3.8, 4) is 11.8 Å². The molecule has 1 unspecified atom stereocenters. The van der Waals surface area contributed by atoms with Crippen LogP contribution >= 0.6 is 0 Å². The van der Waals surface area contributed by atoms with E-state index in [2.05, 4.69) is 10.2 Å². The van der Waals surface area contributed by atoms with E-state index in [0.29, 0.717) is 29.1 Å². The van der Waals surface area contributed by atoms with E-state index in [4.69, 9.17) is 10.00 Å². The Hall–Kier alpha value is -3.20. The second-order valence-electron chi connectivity index (χ2n) is 5.44. The Morgan fingerprint density at radius 2 is 1.92 bits per heavy atom. The first-order valence-electron chi connectivity index (χ1n) is 8.04. The number of unbranched alkanes of at least 4 members (excludes halogenated alkanes) is 1. The molecule has 0 saturated heterocycles. The van der Waals surface area contributed by atoms with Crippen LogP contribution in [0.5, 0.6) is 5.75 Å². The summed E-state index contributed by atoms with van der Waals surface area (Å²) in [4.78, 5) is 11.3. The second-order valence-corrected chi connectivity index (χ2v) is 5.44. The molecule has 0 radical (unpaired) electrons. The molecule has 1 N–H and O–H groups in total. The number of benzene rings is 2. The van der Waals surface area contributed by atoms with Crippen LogP contribution < -0.4 is 4.74 Å². The van der Waals surface area contributed by atoms with Gasteiger partial charge in [-0.1, -0.05) is 19.4 Å². The molecule has 6 heteroatoms. The number of nitriles is 1. The van der Waals surface area contributed by atoms with Gasteiger partial charge in [0.2, 0.25) is 0 Å². The van der Waals surface area contributed by atoms with Gasteiger partial charge in [0, 0.05) is 6.07 Å². The van der Waals surface area contributed by atoms with E-state index in [1.807, 2.05) is 13.0 Å². The van der Waals surface area contributed by atoms with Crippen molar-refractivity contribution in [1.82, 2.24) is 0 Å². The highest BCUT2D eigenvalue weighted by Crippen LogP contribution is 2.24. The molecule has 0 fully saturated rings. The summed E-state index contributed by atoms with van der Waals surface area (Å²) in [6.45, 7) is 2.00. The zero-order valence-electron chi connectivity index (χ0n) is 13.9. The monoisotopic (exact) mass is 337 g/mol. The summed E-state index contributed by atoms with van der Waals surface area (Å²) in [6.07, 6.45) is 1.29. The Labute approximate surface area is 146 Å². The molecule has 2 aromatic rings. The number of carboxylic acid groups (broad SMARTS) is 1. The highest BCUT2D eigenvalue weighted by Gasteiger charge is 2.18. The molecule has 0 bridgehead atoms. The molecule has 0 aliphatic carbocycles. The number of aliphatic carboxylic acids is 1. The van der Waals surface area contributed by atoms with Crippen LogP contribution in [0.15, 0.2) is 58.8 Å². The van der Waals surface area contributed by atoms with Crippen LogP contribution in [0.3, 0.4) is 0 Å². The lowest BCUT2D eigenvalue weighted by atomic mass is 10.1. The molecular weight excluding hydrogens is 318 g/mol. The normalized spacial score (nSPS) is 11.8. The van der Waals surface area contributed by atoms with Crippen molar-refractivity contribution in [3.05, 3.63) is 54.1 Å². The van der Waals surface area contributed by atoms with Crippen LogP contribution in [0, 0.1) is 11.3 Å². The fourth-order valence-corrected chi connectivity index (χ4v) is 2.12. The summed E-state index contributed by atoms with van der Waals surface area (Å²) in [5.74, 6) is -0.530. The number of rotatable bonds is 8. The zero-order valence-corrected chi connectivity index (χ0v) is 13.9. The minimum Gasteiger partial charge on any atom is -0.479 e. The summed E-state index contributed by atoms with van der Waals surface area (Å²) in [5, 5.41) is 26.2. The first-order chi connectivity index (χ1) is 12.1. The van der Waals surface area contributed by atoms with Gasteiger partial charge in [-0.2, -0.15) is 15.5 Å². The van der Waals surface area contributed by atoms with E-state index in [1.165, 1.54) is 0 Å². The van der Waals surface area contributed by atoms with Gasteiger partial charge >= 0.3 is 5.97 Å². The fraction of sp³-hybridized carbons (Fsp3) is 0.263. The number of hydrogen-bond donors (Lipinski definition) is 1. The molecule has 1 atom stereocenters. The molecule has 128 valence electrons. The number of nitrogens with zero attached hydrogens (tertiary/aromatic N) is 3. The fourth-order valence-electron chi connectivity index (χ4n) is 2.12. The predicted molar refractivity (Wildman–Crippen MR) is 93.4 cm³/mol. The van der Waals surface area contributed by atoms with Gasteiger partial charge in [-0.05, 0) is 49.2 Å². The van der Waals surface area contributed by atoms with Gasteiger partial charge in [0.05, 0.1) is 23.0 Å². The van der Waals surface area contributed by atoms with E-state index in [-0.39, 0.29) is 0 Å². The molecule has 2 rings (SSSR count). The standard InChI is InChI=1S/C19H19N3O3/c1-2-3-7-18(19(23)24)25-17-6-4-5-16(12-17)22-21-15-10-8-14(13-20)9-11-15/h4-6,8-12,18H,2-3,7H2,1H3,(H,23,24). The first kappa shape index (κ1) is 18.1. The highest BCUT2D eigenvalue weighted by atomic mass is 16.5. The minimum absolute atomic E-state index is 0.444. The third-order valence-electron chi connectivity index (χ3n) is 3.47. The Bertz CT molecular complexity index is 779. The van der Waals surface area contributed by atoms with E-state index in [9.17, 15) is 9.90 Å². The van der Waals surface area contributed by atoms with Crippen molar-refractivity contribution >= 4 is 17.3 Å². The first-order valence-corrected chi connectivity index (χ1v) is 8.04. The Kier molecular flexibility index (Phi) is 6.66. The molecule has 6 nitrogen and oxygen atoms in total. The van der Waals surface area contributed by atoms with Crippen LogP contribution in [-0.2, 0) is 4.79 Å². The summed E-state index contributed by atoms with van der Waals surface area (Å²) in [5.41, 5.74) is 1.74. The largest absolute Gasteiger partial charge is 0.479 e. The number of carbonyl (C=O) groups is 1. The SMILES string of the molecule is CCCCC(Oc1cccc(N=Nc2ccc(C#N)cc2)c1)C(=O)O. The van der Waals surface area contributed by atoms with Gasteiger partial charge in [-0.3, -0.25) is 0 Å². The number of ether oxygens (including phenoxy) is 1. The van der Waals surface area contributed by atoms with Crippen LogP contribution in [0.4, 0.5) is 11.4 Å². The summed E-state index contributed by atoms with van der Waals surface area (Å²) in [6, 6.07) is 15.6. The van der Waals surface area contributed by atoms with Crippen molar-refractivity contribution in [2.75, 3.05) is 0 Å². The summed E-state index contributed by atoms with van der Waals surface area (Å²) >= 11 is 0. The van der Waals surface area contributed by atoms with Crippen molar-refractivity contribution in [2.24, 2.45) is 10.2 Å². The maximum atomic E-state index is 11.3. The van der Waals surface area contributed by atoms with Crippen LogP contribution in [0.2, 0.25) is 0 Å². The summed E-state index contributed by atoms with van der Waals surface area (Å²) < 4.78 is 5.56. The average molecular weight is 337 g/mol. The maximum Gasteiger partial charge on any atom is 0.344 e. The second kappa shape index (κ2) is 9.18. The smallest absolute Gasteiger partial charge is 0.344 e. The van der Waals surface area contributed by atoms with Crippen molar-refractivity contribution in [1.29, 1.82) is 5.26 Å². The third kappa shape index (κ3) is 5.74. The topological polar surface area (TPSA) is 95.0 Å². The lowest BCUT2D eigenvalue weighted by molar-refractivity contribution is -0.145. The van der Waals surface area contributed by atoms with E-state index in [0.717, 1.165) is 12.8 Å². The van der Waals surface area contributed by atoms with Gasteiger partial charge in [0.1, 0.15) is 5.75 Å². The minimum atomic E-state index is -0.974. The molecular formula is C19H19N3O3. The van der Waals surface area contributed by atoms with E-state index < -0.39 is 12.1 Å². The van der Waals surface area contributed by atoms with Crippen LogP contribution in [-0.4, -0.2) is 17.2 Å². The molecule has 25 heavy (non-hydrogen) atoms. The molecule has 2 aromatic carbocycles. The third-order valence-corrected chi connectivity index (χ3v) is 3.47. The highest BCUT2D eigenvalue weighted by molar-refractivity contribution is 5.72. The molecule has 0 heterocycles. The molecule has 0 aromatic heterocycles. The van der Waals surface area contributed by atoms with Crippen LogP contribution in [0.25, 0.3) is 0 Å². The number of azo groups is 1. The zero-order chi connectivity index (χ0) is 18.1. The molecule has 0 saturated carbocycles. The van der Waals surface area contributed by atoms with Gasteiger partial charge < -0.3 is 9.84 Å².